The number of nitrogens with zero attached hydrogens (tertiary/aromatic N) is 3. The lowest BCUT2D eigenvalue weighted by molar-refractivity contribution is 0.256. The Balaban J connectivity index is 1.86. The molecular weight excluding hydrogens is 314 g/mol. The minimum atomic E-state index is -0.693. The first-order valence-corrected chi connectivity index (χ1v) is 7.44. The van der Waals surface area contributed by atoms with Gasteiger partial charge in [0.1, 0.15) is 11.6 Å². The summed E-state index contributed by atoms with van der Waals surface area (Å²) in [6, 6.07) is 5.87. The van der Waals surface area contributed by atoms with Crippen LogP contribution in [0.3, 0.4) is 0 Å². The molecule has 2 aromatic rings. The number of aromatic nitrogens is 1. The monoisotopic (exact) mass is 330 g/mol. The van der Waals surface area contributed by atoms with Crippen LogP contribution in [0.25, 0.3) is 0 Å². The predicted molar refractivity (Wildman–Crippen MR) is 89.4 cm³/mol. The summed E-state index contributed by atoms with van der Waals surface area (Å²) in [4.78, 5) is 20.3. The summed E-state index contributed by atoms with van der Waals surface area (Å²) in [5.74, 6) is -0.662. The second-order valence-corrected chi connectivity index (χ2v) is 5.29. The van der Waals surface area contributed by atoms with E-state index in [4.69, 9.17) is 0 Å². The van der Waals surface area contributed by atoms with Gasteiger partial charge in [-0.25, -0.2) is 18.6 Å². The van der Waals surface area contributed by atoms with Crippen LogP contribution in [-0.4, -0.2) is 30.6 Å². The third kappa shape index (κ3) is 3.05. The molecule has 1 aliphatic rings. The predicted octanol–water partition coefficient (Wildman–Crippen LogP) is 3.40. The molecule has 3 rings (SSSR count). The smallest absolute Gasteiger partial charge is 0.326 e. The van der Waals surface area contributed by atoms with E-state index < -0.39 is 17.7 Å². The standard InChI is InChI=1S/C17H16F2N4O/c1-2-8-22-9-10-23(15-4-3-7-20-16(15)22)17(24)21-14-11-12(18)5-6-13(14)19/h2-7,11H,1,8-10H2,(H,21,24). The molecule has 1 aromatic heterocycles. The molecule has 124 valence electrons. The maximum atomic E-state index is 13.7. The average Bonchev–Trinajstić information content (AvgIpc) is 2.58. The number of hydrogen-bond donors (Lipinski definition) is 1. The molecule has 0 aliphatic carbocycles. The quantitative estimate of drug-likeness (QED) is 0.878. The van der Waals surface area contributed by atoms with E-state index in [0.29, 0.717) is 31.1 Å². The van der Waals surface area contributed by atoms with Crippen molar-refractivity contribution in [1.82, 2.24) is 4.98 Å². The molecular formula is C17H16F2N4O. The number of pyridine rings is 1. The van der Waals surface area contributed by atoms with Crippen LogP contribution in [0.15, 0.2) is 49.2 Å². The number of carbonyl (C=O) groups excluding carboxylic acids is 1. The van der Waals surface area contributed by atoms with Crippen LogP contribution in [0.5, 0.6) is 0 Å². The van der Waals surface area contributed by atoms with Gasteiger partial charge in [0.15, 0.2) is 5.82 Å². The summed E-state index contributed by atoms with van der Waals surface area (Å²) >= 11 is 0. The lowest BCUT2D eigenvalue weighted by Gasteiger charge is -2.36. The van der Waals surface area contributed by atoms with Crippen molar-refractivity contribution in [2.75, 3.05) is 34.8 Å². The number of benzene rings is 1. The van der Waals surface area contributed by atoms with Gasteiger partial charge in [-0.05, 0) is 24.3 Å². The van der Waals surface area contributed by atoms with Crippen molar-refractivity contribution in [3.05, 3.63) is 60.8 Å². The van der Waals surface area contributed by atoms with E-state index in [9.17, 15) is 13.6 Å². The van der Waals surface area contributed by atoms with Crippen LogP contribution < -0.4 is 15.1 Å². The minimum absolute atomic E-state index is 0.195. The summed E-state index contributed by atoms with van der Waals surface area (Å²) in [6.45, 7) is 5.29. The van der Waals surface area contributed by atoms with E-state index in [1.807, 2.05) is 4.90 Å². The Kier molecular flexibility index (Phi) is 4.41. The van der Waals surface area contributed by atoms with E-state index in [1.165, 1.54) is 4.90 Å². The highest BCUT2D eigenvalue weighted by atomic mass is 19.1. The lowest BCUT2D eigenvalue weighted by atomic mass is 10.2. The third-order valence-electron chi connectivity index (χ3n) is 3.71. The first kappa shape index (κ1) is 15.9. The van der Waals surface area contributed by atoms with Gasteiger partial charge in [-0.15, -0.1) is 6.58 Å². The van der Waals surface area contributed by atoms with Gasteiger partial charge in [0.05, 0.1) is 11.4 Å². The topological polar surface area (TPSA) is 48.5 Å². The zero-order chi connectivity index (χ0) is 17.1. The van der Waals surface area contributed by atoms with Crippen molar-refractivity contribution in [1.29, 1.82) is 0 Å². The third-order valence-corrected chi connectivity index (χ3v) is 3.71. The number of amides is 2. The maximum Gasteiger partial charge on any atom is 0.326 e. The average molecular weight is 330 g/mol. The van der Waals surface area contributed by atoms with Crippen LogP contribution in [-0.2, 0) is 0 Å². The Hall–Kier alpha value is -2.96. The molecule has 0 spiro atoms. The second kappa shape index (κ2) is 6.66. The van der Waals surface area contributed by atoms with Crippen LogP contribution >= 0.6 is 0 Å². The van der Waals surface area contributed by atoms with Crippen LogP contribution in [0.1, 0.15) is 0 Å². The first-order valence-electron chi connectivity index (χ1n) is 7.44. The fraction of sp³-hybridized carbons (Fsp3) is 0.176. The molecule has 0 atom stereocenters. The van der Waals surface area contributed by atoms with E-state index in [0.717, 1.165) is 18.2 Å². The molecule has 1 N–H and O–H groups in total. The molecule has 1 aromatic carbocycles. The number of nitrogens with one attached hydrogen (secondary N) is 1. The molecule has 0 radical (unpaired) electrons. The minimum Gasteiger partial charge on any atom is -0.349 e. The number of fused-ring (bicyclic) bond motifs is 1. The molecule has 0 saturated heterocycles. The van der Waals surface area contributed by atoms with Crippen molar-refractivity contribution >= 4 is 23.2 Å². The lowest BCUT2D eigenvalue weighted by Crippen LogP contribution is -2.46. The summed E-state index contributed by atoms with van der Waals surface area (Å²) in [7, 11) is 0. The summed E-state index contributed by atoms with van der Waals surface area (Å²) in [5, 5.41) is 2.41. The van der Waals surface area contributed by atoms with Crippen molar-refractivity contribution in [2.24, 2.45) is 0 Å². The fourth-order valence-corrected chi connectivity index (χ4v) is 2.61. The van der Waals surface area contributed by atoms with Gasteiger partial charge in [-0.2, -0.15) is 0 Å². The van der Waals surface area contributed by atoms with E-state index in [-0.39, 0.29) is 5.69 Å². The van der Waals surface area contributed by atoms with Gasteiger partial charge in [0.25, 0.3) is 0 Å². The fourth-order valence-electron chi connectivity index (χ4n) is 2.61. The Labute approximate surface area is 138 Å². The normalized spacial score (nSPS) is 13.4. The van der Waals surface area contributed by atoms with E-state index in [1.54, 1.807) is 24.4 Å². The van der Waals surface area contributed by atoms with Crippen molar-refractivity contribution in [3.8, 4) is 0 Å². The molecule has 0 saturated carbocycles. The number of rotatable bonds is 3. The molecule has 2 heterocycles. The van der Waals surface area contributed by atoms with Crippen molar-refractivity contribution in [2.45, 2.75) is 0 Å². The maximum absolute atomic E-state index is 13.7. The van der Waals surface area contributed by atoms with Crippen LogP contribution in [0.4, 0.5) is 30.8 Å². The molecule has 7 heteroatoms. The summed E-state index contributed by atoms with van der Waals surface area (Å²) < 4.78 is 27.0. The second-order valence-electron chi connectivity index (χ2n) is 5.29. The van der Waals surface area contributed by atoms with E-state index >= 15 is 0 Å². The zero-order valence-electron chi connectivity index (χ0n) is 12.9. The highest BCUT2D eigenvalue weighted by molar-refractivity contribution is 6.04. The van der Waals surface area contributed by atoms with Gasteiger partial charge >= 0.3 is 6.03 Å². The molecule has 2 amide bonds. The molecule has 1 aliphatic heterocycles. The SMILES string of the molecule is C=CCN1CCN(C(=O)Nc2cc(F)ccc2F)c2cccnc21. The Morgan fingerprint density at radius 1 is 1.33 bits per heavy atom. The van der Waals surface area contributed by atoms with Crippen molar-refractivity contribution in [3.63, 3.8) is 0 Å². The van der Waals surface area contributed by atoms with E-state index in [2.05, 4.69) is 16.9 Å². The van der Waals surface area contributed by atoms with Gasteiger partial charge in [0.2, 0.25) is 0 Å². The van der Waals surface area contributed by atoms with Crippen LogP contribution in [0.2, 0.25) is 0 Å². The molecule has 0 fully saturated rings. The number of hydrogen-bond acceptors (Lipinski definition) is 3. The summed E-state index contributed by atoms with van der Waals surface area (Å²) in [5.41, 5.74) is 0.416. The Morgan fingerprint density at radius 2 is 2.17 bits per heavy atom. The Bertz CT molecular complexity index is 781. The molecule has 24 heavy (non-hydrogen) atoms. The van der Waals surface area contributed by atoms with Gasteiger partial charge in [0, 0.05) is 31.9 Å². The van der Waals surface area contributed by atoms with Crippen LogP contribution in [0, 0.1) is 11.6 Å². The van der Waals surface area contributed by atoms with Gasteiger partial charge < -0.3 is 10.2 Å². The Morgan fingerprint density at radius 3 is 2.96 bits per heavy atom. The number of carbonyl (C=O) groups is 1. The highest BCUT2D eigenvalue weighted by Crippen LogP contribution is 2.31. The molecule has 0 unspecified atom stereocenters. The largest absolute Gasteiger partial charge is 0.349 e. The molecule has 5 nitrogen and oxygen atoms in total. The van der Waals surface area contributed by atoms with Gasteiger partial charge in [-0.3, -0.25) is 4.90 Å². The number of urea groups is 1. The number of halogens is 2. The first-order chi connectivity index (χ1) is 11.6. The number of anilines is 3. The van der Waals surface area contributed by atoms with Gasteiger partial charge in [-0.1, -0.05) is 6.08 Å². The summed E-state index contributed by atoms with van der Waals surface area (Å²) in [6.07, 6.45) is 3.40. The zero-order valence-corrected chi connectivity index (χ0v) is 12.9. The highest BCUT2D eigenvalue weighted by Gasteiger charge is 2.27. The van der Waals surface area contributed by atoms with Crippen molar-refractivity contribution < 1.29 is 13.6 Å². The molecule has 0 bridgehead atoms.